The normalized spacial score (nSPS) is 11.9. The van der Waals surface area contributed by atoms with Gasteiger partial charge in [-0.2, -0.15) is 0 Å². The first kappa shape index (κ1) is 12.6. The van der Waals surface area contributed by atoms with Crippen molar-refractivity contribution < 1.29 is 4.79 Å². The maximum absolute atomic E-state index is 11.4. The highest BCUT2D eigenvalue weighted by Gasteiger charge is 2.11. The summed E-state index contributed by atoms with van der Waals surface area (Å²) in [5.41, 5.74) is 7.26. The fourth-order valence-corrected chi connectivity index (χ4v) is 2.03. The Morgan fingerprint density at radius 1 is 1.25 bits per heavy atom. The van der Waals surface area contributed by atoms with Gasteiger partial charge in [0.05, 0.1) is 4.91 Å². The van der Waals surface area contributed by atoms with Crippen LogP contribution in [0, 0.1) is 0 Å². The van der Waals surface area contributed by atoms with Crippen molar-refractivity contribution in [3.8, 4) is 0 Å². The van der Waals surface area contributed by atoms with E-state index < -0.39 is 5.91 Å². The molecule has 0 heterocycles. The molecule has 0 aliphatic carbocycles. The molecule has 0 fully saturated rings. The second kappa shape index (κ2) is 5.56. The van der Waals surface area contributed by atoms with Gasteiger partial charge in [-0.25, -0.2) is 0 Å². The third-order valence-electron chi connectivity index (χ3n) is 2.05. The number of carbonyl (C=O) groups excluding carboxylic acids is 1. The van der Waals surface area contributed by atoms with Gasteiger partial charge >= 0.3 is 0 Å². The predicted molar refractivity (Wildman–Crippen MR) is 70.6 cm³/mol. The number of allylic oxidation sites excluding steroid dienone is 2. The Balaban J connectivity index is 3.16. The van der Waals surface area contributed by atoms with Gasteiger partial charge in [0.2, 0.25) is 0 Å². The first-order valence-electron chi connectivity index (χ1n) is 4.92. The summed E-state index contributed by atoms with van der Waals surface area (Å²) < 4.78 is 0. The number of carbonyl (C=O) groups is 1. The zero-order valence-electron chi connectivity index (χ0n) is 9.49. The molecule has 1 amide bonds. The lowest BCUT2D eigenvalue weighted by atomic mass is 10.1. The summed E-state index contributed by atoms with van der Waals surface area (Å²) in [5, 5.41) is 0. The summed E-state index contributed by atoms with van der Waals surface area (Å²) in [4.78, 5) is 12.8. The first-order valence-corrected chi connectivity index (χ1v) is 5.73. The van der Waals surface area contributed by atoms with Crippen LogP contribution in [0.3, 0.4) is 0 Å². The van der Waals surface area contributed by atoms with E-state index in [0.717, 1.165) is 16.0 Å². The fraction of sp³-hybridized carbons (Fsp3) is 0.154. The minimum Gasteiger partial charge on any atom is -0.365 e. The predicted octanol–water partition coefficient (Wildman–Crippen LogP) is 3.17. The van der Waals surface area contributed by atoms with Gasteiger partial charge in [0.1, 0.15) is 0 Å². The van der Waals surface area contributed by atoms with Gasteiger partial charge in [-0.05, 0) is 29.9 Å². The van der Waals surface area contributed by atoms with Crippen molar-refractivity contribution in [2.24, 2.45) is 5.73 Å². The van der Waals surface area contributed by atoms with Gasteiger partial charge in [0.15, 0.2) is 0 Å². The van der Waals surface area contributed by atoms with E-state index in [0.29, 0.717) is 4.91 Å². The number of rotatable bonds is 4. The summed E-state index contributed by atoms with van der Waals surface area (Å²) in [7, 11) is 0. The number of primary amides is 1. The lowest BCUT2D eigenvalue weighted by molar-refractivity contribution is -0.113. The van der Waals surface area contributed by atoms with E-state index in [-0.39, 0.29) is 0 Å². The fourth-order valence-electron chi connectivity index (χ4n) is 1.31. The monoisotopic (exact) mass is 233 g/mol. The number of thioether (sulfide) groups is 1. The minimum atomic E-state index is -0.408. The SMILES string of the molecule is C=C(C)S/C(C(N)=O)=C(\C)c1ccccc1. The van der Waals surface area contributed by atoms with Gasteiger partial charge < -0.3 is 5.73 Å². The first-order chi connectivity index (χ1) is 7.52. The number of benzene rings is 1. The highest BCUT2D eigenvalue weighted by molar-refractivity contribution is 8.07. The summed E-state index contributed by atoms with van der Waals surface area (Å²) in [6.07, 6.45) is 0. The Kier molecular flexibility index (Phi) is 4.38. The summed E-state index contributed by atoms with van der Waals surface area (Å²) in [5.74, 6) is -0.408. The molecule has 0 aliphatic rings. The maximum atomic E-state index is 11.4. The second-order valence-corrected chi connectivity index (χ2v) is 4.80. The van der Waals surface area contributed by atoms with E-state index in [1.54, 1.807) is 0 Å². The molecule has 84 valence electrons. The lowest BCUT2D eigenvalue weighted by Gasteiger charge is -2.08. The number of hydrogen-bond acceptors (Lipinski definition) is 2. The smallest absolute Gasteiger partial charge is 0.255 e. The molecule has 0 radical (unpaired) electrons. The molecule has 0 aliphatic heterocycles. The molecule has 2 N–H and O–H groups in total. The van der Waals surface area contributed by atoms with Crippen molar-refractivity contribution >= 4 is 23.2 Å². The third-order valence-corrected chi connectivity index (χ3v) is 3.11. The van der Waals surface area contributed by atoms with E-state index in [4.69, 9.17) is 5.73 Å². The van der Waals surface area contributed by atoms with Crippen LogP contribution in [0.25, 0.3) is 5.57 Å². The number of hydrogen-bond donors (Lipinski definition) is 1. The Morgan fingerprint density at radius 3 is 2.25 bits per heavy atom. The highest BCUT2D eigenvalue weighted by Crippen LogP contribution is 2.30. The molecule has 1 rings (SSSR count). The van der Waals surface area contributed by atoms with Crippen LogP contribution in [0.4, 0.5) is 0 Å². The molecule has 16 heavy (non-hydrogen) atoms. The molecular formula is C13H15NOS. The Hall–Kier alpha value is -1.48. The third kappa shape index (κ3) is 3.28. The second-order valence-electron chi connectivity index (χ2n) is 3.49. The molecule has 3 heteroatoms. The zero-order valence-corrected chi connectivity index (χ0v) is 10.3. The van der Waals surface area contributed by atoms with Gasteiger partial charge in [0.25, 0.3) is 5.91 Å². The van der Waals surface area contributed by atoms with Crippen molar-refractivity contribution in [3.05, 3.63) is 52.3 Å². The lowest BCUT2D eigenvalue weighted by Crippen LogP contribution is -2.13. The molecule has 1 aromatic carbocycles. The van der Waals surface area contributed by atoms with Crippen molar-refractivity contribution in [1.82, 2.24) is 0 Å². The van der Waals surface area contributed by atoms with E-state index >= 15 is 0 Å². The van der Waals surface area contributed by atoms with Crippen LogP contribution in [0.5, 0.6) is 0 Å². The summed E-state index contributed by atoms with van der Waals surface area (Å²) in [6.45, 7) is 7.52. The molecule has 2 nitrogen and oxygen atoms in total. The standard InChI is InChI=1S/C13H15NOS/c1-9(2)16-12(13(14)15)10(3)11-7-5-4-6-8-11/h4-8H,1H2,2-3H3,(H2,14,15)/b12-10+. The molecule has 0 spiro atoms. The van der Waals surface area contributed by atoms with Crippen LogP contribution < -0.4 is 5.73 Å². The van der Waals surface area contributed by atoms with Crippen molar-refractivity contribution in [2.75, 3.05) is 0 Å². The molecule has 0 bridgehead atoms. The molecule has 0 saturated heterocycles. The maximum Gasteiger partial charge on any atom is 0.255 e. The largest absolute Gasteiger partial charge is 0.365 e. The Bertz CT molecular complexity index is 435. The number of nitrogens with two attached hydrogens (primary N) is 1. The quantitative estimate of drug-likeness (QED) is 0.812. The van der Waals surface area contributed by atoms with Gasteiger partial charge in [-0.3, -0.25) is 4.79 Å². The van der Waals surface area contributed by atoms with Crippen molar-refractivity contribution in [1.29, 1.82) is 0 Å². The van der Waals surface area contributed by atoms with Crippen LogP contribution in [-0.4, -0.2) is 5.91 Å². The van der Waals surface area contributed by atoms with Crippen LogP contribution in [-0.2, 0) is 4.79 Å². The zero-order chi connectivity index (χ0) is 12.1. The summed E-state index contributed by atoms with van der Waals surface area (Å²) >= 11 is 1.32. The van der Waals surface area contributed by atoms with Gasteiger partial charge in [-0.15, -0.1) is 0 Å². The number of amides is 1. The van der Waals surface area contributed by atoms with Crippen LogP contribution in [0.2, 0.25) is 0 Å². The molecule has 0 atom stereocenters. The van der Waals surface area contributed by atoms with Crippen LogP contribution in [0.1, 0.15) is 19.4 Å². The van der Waals surface area contributed by atoms with Gasteiger partial charge in [-0.1, -0.05) is 48.7 Å². The minimum absolute atomic E-state index is 0.408. The summed E-state index contributed by atoms with van der Waals surface area (Å²) in [6, 6.07) is 9.72. The van der Waals surface area contributed by atoms with E-state index in [1.165, 1.54) is 11.8 Å². The van der Waals surface area contributed by atoms with Crippen LogP contribution in [0.15, 0.2) is 46.7 Å². The van der Waals surface area contributed by atoms with Crippen LogP contribution >= 0.6 is 11.8 Å². The average Bonchev–Trinajstić information content (AvgIpc) is 2.25. The Labute approximate surface area is 100 Å². The van der Waals surface area contributed by atoms with E-state index in [1.807, 2.05) is 44.2 Å². The molecule has 0 unspecified atom stereocenters. The van der Waals surface area contributed by atoms with E-state index in [9.17, 15) is 4.79 Å². The molecule has 0 aromatic heterocycles. The topological polar surface area (TPSA) is 43.1 Å². The molecule has 0 saturated carbocycles. The van der Waals surface area contributed by atoms with Gasteiger partial charge in [0, 0.05) is 0 Å². The van der Waals surface area contributed by atoms with E-state index in [2.05, 4.69) is 6.58 Å². The van der Waals surface area contributed by atoms with Crippen molar-refractivity contribution in [2.45, 2.75) is 13.8 Å². The highest BCUT2D eigenvalue weighted by atomic mass is 32.2. The van der Waals surface area contributed by atoms with Crippen molar-refractivity contribution in [3.63, 3.8) is 0 Å². The average molecular weight is 233 g/mol. The molecule has 1 aromatic rings. The Morgan fingerprint density at radius 2 is 1.81 bits per heavy atom. The molecular weight excluding hydrogens is 218 g/mol.